The van der Waals surface area contributed by atoms with E-state index in [4.69, 9.17) is 4.74 Å². The predicted octanol–water partition coefficient (Wildman–Crippen LogP) is 2.07. The van der Waals surface area contributed by atoms with Crippen molar-refractivity contribution in [3.05, 3.63) is 83.4 Å². The first kappa shape index (κ1) is 19.6. The molecule has 1 aliphatic rings. The molecule has 4 rings (SSSR count). The molecule has 0 bridgehead atoms. The first-order valence-electron chi connectivity index (χ1n) is 9.63. The van der Waals surface area contributed by atoms with Gasteiger partial charge in [0.05, 0.1) is 30.0 Å². The van der Waals surface area contributed by atoms with Gasteiger partial charge in [-0.15, -0.1) is 0 Å². The number of aromatic nitrogens is 2. The number of rotatable bonds is 7. The molecule has 1 aliphatic heterocycles. The molecule has 1 aromatic heterocycles. The molecule has 154 valence electrons. The van der Waals surface area contributed by atoms with Gasteiger partial charge in [-0.2, -0.15) is 5.10 Å². The van der Waals surface area contributed by atoms with E-state index in [9.17, 15) is 14.0 Å². The number of nitrogens with one attached hydrogen (secondary N) is 2. The van der Waals surface area contributed by atoms with Crippen molar-refractivity contribution in [2.24, 2.45) is 0 Å². The Kier molecular flexibility index (Phi) is 5.74. The van der Waals surface area contributed by atoms with Crippen molar-refractivity contribution in [2.45, 2.75) is 25.6 Å². The van der Waals surface area contributed by atoms with E-state index < -0.39 is 0 Å². The van der Waals surface area contributed by atoms with E-state index in [1.807, 2.05) is 30.3 Å². The van der Waals surface area contributed by atoms with Crippen LogP contribution in [0.25, 0.3) is 0 Å². The summed E-state index contributed by atoms with van der Waals surface area (Å²) in [6, 6.07) is 15.0. The lowest BCUT2D eigenvalue weighted by Gasteiger charge is -2.12. The van der Waals surface area contributed by atoms with Crippen molar-refractivity contribution >= 4 is 11.8 Å². The van der Waals surface area contributed by atoms with Gasteiger partial charge in [0, 0.05) is 13.0 Å². The second-order valence-corrected chi connectivity index (χ2v) is 7.07. The average molecular weight is 408 g/mol. The van der Waals surface area contributed by atoms with E-state index in [0.717, 1.165) is 11.3 Å². The van der Waals surface area contributed by atoms with Crippen molar-refractivity contribution < 1.29 is 18.7 Å². The second-order valence-electron chi connectivity index (χ2n) is 7.07. The lowest BCUT2D eigenvalue weighted by Crippen LogP contribution is -2.39. The van der Waals surface area contributed by atoms with Crippen LogP contribution in [-0.4, -0.2) is 34.2 Å². The minimum atomic E-state index is -0.365. The summed E-state index contributed by atoms with van der Waals surface area (Å²) >= 11 is 0. The van der Waals surface area contributed by atoms with Crippen molar-refractivity contribution in [2.75, 3.05) is 6.61 Å². The van der Waals surface area contributed by atoms with Gasteiger partial charge >= 0.3 is 0 Å². The maximum Gasteiger partial charge on any atom is 0.258 e. The van der Waals surface area contributed by atoms with Gasteiger partial charge in [-0.1, -0.05) is 30.3 Å². The third kappa shape index (κ3) is 4.65. The van der Waals surface area contributed by atoms with Crippen molar-refractivity contribution in [3.8, 4) is 5.75 Å². The summed E-state index contributed by atoms with van der Waals surface area (Å²) in [6.45, 7) is 0.754. The Morgan fingerprint density at radius 1 is 1.13 bits per heavy atom. The molecule has 2 N–H and O–H groups in total. The van der Waals surface area contributed by atoms with Gasteiger partial charge in [0.2, 0.25) is 0 Å². The van der Waals surface area contributed by atoms with Crippen molar-refractivity contribution in [1.29, 1.82) is 0 Å². The average Bonchev–Trinajstić information content (AvgIpc) is 3.32. The Balaban J connectivity index is 1.28. The summed E-state index contributed by atoms with van der Waals surface area (Å²) in [5.41, 5.74) is 2.33. The molecule has 0 aliphatic carbocycles. The molecule has 3 aromatic rings. The number of hydrogen-bond donors (Lipinski definition) is 2. The van der Waals surface area contributed by atoms with Gasteiger partial charge in [0.25, 0.3) is 11.8 Å². The summed E-state index contributed by atoms with van der Waals surface area (Å²) in [7, 11) is 0. The quantitative estimate of drug-likeness (QED) is 0.627. The van der Waals surface area contributed by atoms with Gasteiger partial charge in [-0.05, 0) is 29.8 Å². The molecule has 2 aromatic carbocycles. The second kappa shape index (κ2) is 8.77. The maximum atomic E-state index is 12.9. The standard InChI is InChI=1S/C22H21FN4O3/c23-16-6-8-18(9-7-16)30-14-21(28)26-17-10-20-19(12-25-27(20)13-17)22(29)24-11-15-4-2-1-3-5-15/h1-9,12,17H,10-11,13-14H2,(H,24,29)(H,26,28). The van der Waals surface area contributed by atoms with Gasteiger partial charge in [-0.3, -0.25) is 14.3 Å². The normalized spacial score (nSPS) is 14.8. The highest BCUT2D eigenvalue weighted by atomic mass is 19.1. The zero-order valence-corrected chi connectivity index (χ0v) is 16.2. The van der Waals surface area contributed by atoms with Crippen LogP contribution in [0.15, 0.2) is 60.8 Å². The van der Waals surface area contributed by atoms with Crippen LogP contribution in [0.2, 0.25) is 0 Å². The first-order valence-corrected chi connectivity index (χ1v) is 9.63. The third-order valence-electron chi connectivity index (χ3n) is 4.87. The fourth-order valence-electron chi connectivity index (χ4n) is 3.40. The van der Waals surface area contributed by atoms with Gasteiger partial charge in [0.15, 0.2) is 6.61 Å². The molecule has 2 amide bonds. The van der Waals surface area contributed by atoms with Crippen LogP contribution in [0.1, 0.15) is 21.6 Å². The summed E-state index contributed by atoms with van der Waals surface area (Å²) in [5, 5.41) is 10.1. The van der Waals surface area contributed by atoms with Gasteiger partial charge in [0.1, 0.15) is 11.6 Å². The molecule has 0 saturated heterocycles. The number of fused-ring (bicyclic) bond motifs is 1. The van der Waals surface area contributed by atoms with Crippen LogP contribution in [0, 0.1) is 5.82 Å². The number of carbonyl (C=O) groups is 2. The lowest BCUT2D eigenvalue weighted by atomic mass is 10.1. The highest BCUT2D eigenvalue weighted by Gasteiger charge is 2.28. The number of amides is 2. The fraction of sp³-hybridized carbons (Fsp3) is 0.227. The Bertz CT molecular complexity index is 1030. The van der Waals surface area contributed by atoms with E-state index in [0.29, 0.717) is 30.8 Å². The molecule has 2 heterocycles. The number of benzene rings is 2. The zero-order chi connectivity index (χ0) is 20.9. The molecule has 0 radical (unpaired) electrons. The summed E-state index contributed by atoms with van der Waals surface area (Å²) in [6.07, 6.45) is 2.07. The van der Waals surface area contributed by atoms with Crippen LogP contribution < -0.4 is 15.4 Å². The predicted molar refractivity (Wildman–Crippen MR) is 107 cm³/mol. The molecule has 1 unspecified atom stereocenters. The van der Waals surface area contributed by atoms with E-state index in [1.54, 1.807) is 10.9 Å². The van der Waals surface area contributed by atoms with Crippen LogP contribution in [0.4, 0.5) is 4.39 Å². The van der Waals surface area contributed by atoms with E-state index in [1.165, 1.54) is 24.3 Å². The number of ether oxygens (including phenoxy) is 1. The van der Waals surface area contributed by atoms with Gasteiger partial charge < -0.3 is 15.4 Å². The van der Waals surface area contributed by atoms with Gasteiger partial charge in [-0.25, -0.2) is 4.39 Å². The lowest BCUT2D eigenvalue weighted by molar-refractivity contribution is -0.123. The molecule has 8 heteroatoms. The fourth-order valence-corrected chi connectivity index (χ4v) is 3.40. The summed E-state index contributed by atoms with van der Waals surface area (Å²) < 4.78 is 20.0. The minimum absolute atomic E-state index is 0.168. The topological polar surface area (TPSA) is 85.2 Å². The SMILES string of the molecule is O=C(COc1ccc(F)cc1)NC1Cc2c(C(=O)NCc3ccccc3)cnn2C1. The van der Waals surface area contributed by atoms with E-state index >= 15 is 0 Å². The molecular formula is C22H21FN4O3. The zero-order valence-electron chi connectivity index (χ0n) is 16.2. The number of hydrogen-bond acceptors (Lipinski definition) is 4. The van der Waals surface area contributed by atoms with E-state index in [2.05, 4.69) is 15.7 Å². The van der Waals surface area contributed by atoms with Crippen molar-refractivity contribution in [3.63, 3.8) is 0 Å². The van der Waals surface area contributed by atoms with E-state index in [-0.39, 0.29) is 30.3 Å². The smallest absolute Gasteiger partial charge is 0.258 e. The van der Waals surface area contributed by atoms with Crippen molar-refractivity contribution in [1.82, 2.24) is 20.4 Å². The Labute approximate surface area is 172 Å². The number of halogens is 1. The maximum absolute atomic E-state index is 12.9. The molecule has 1 atom stereocenters. The summed E-state index contributed by atoms with van der Waals surface area (Å²) in [4.78, 5) is 24.7. The monoisotopic (exact) mass is 408 g/mol. The largest absolute Gasteiger partial charge is 0.484 e. The van der Waals surface area contributed by atoms with Crippen LogP contribution in [0.5, 0.6) is 5.75 Å². The Hall–Kier alpha value is -3.68. The highest BCUT2D eigenvalue weighted by Crippen LogP contribution is 2.19. The Morgan fingerprint density at radius 2 is 1.90 bits per heavy atom. The number of nitrogens with zero attached hydrogens (tertiary/aromatic N) is 2. The summed E-state index contributed by atoms with van der Waals surface area (Å²) in [5.74, 6) is -0.420. The minimum Gasteiger partial charge on any atom is -0.484 e. The number of carbonyl (C=O) groups excluding carboxylic acids is 2. The molecule has 0 fully saturated rings. The third-order valence-corrected chi connectivity index (χ3v) is 4.87. The molecule has 0 spiro atoms. The first-order chi connectivity index (χ1) is 14.6. The molecule has 0 saturated carbocycles. The molecule has 30 heavy (non-hydrogen) atoms. The molecular weight excluding hydrogens is 387 g/mol. The molecule has 7 nitrogen and oxygen atoms in total. The van der Waals surface area contributed by atoms with Crippen LogP contribution in [0.3, 0.4) is 0 Å². The van der Waals surface area contributed by atoms with Crippen LogP contribution >= 0.6 is 0 Å². The van der Waals surface area contributed by atoms with Crippen LogP contribution in [-0.2, 0) is 24.3 Å². The highest BCUT2D eigenvalue weighted by molar-refractivity contribution is 5.95. The Morgan fingerprint density at radius 3 is 2.67 bits per heavy atom.